The zero-order chi connectivity index (χ0) is 17.0. The van der Waals surface area contributed by atoms with Gasteiger partial charge in [-0.25, -0.2) is 8.78 Å². The molecule has 2 rings (SSSR count). The van der Waals surface area contributed by atoms with Gasteiger partial charge in [-0.15, -0.1) is 0 Å². The molecular weight excluding hydrogens is 326 g/mol. The number of rotatable bonds is 6. The smallest absolute Gasteiger partial charge is 0.297 e. The Morgan fingerprint density at radius 3 is 2.30 bits per heavy atom. The molecule has 0 aliphatic rings. The minimum absolute atomic E-state index is 0.00571. The van der Waals surface area contributed by atoms with Gasteiger partial charge in [0.1, 0.15) is 5.75 Å². The molecule has 2 aromatic carbocycles. The summed E-state index contributed by atoms with van der Waals surface area (Å²) in [7, 11) is -2.64. The van der Waals surface area contributed by atoms with Crippen molar-refractivity contribution in [1.82, 2.24) is 0 Å². The van der Waals surface area contributed by atoms with Crippen molar-refractivity contribution in [2.24, 2.45) is 0 Å². The Bertz CT molecular complexity index is 771. The third-order valence-corrected chi connectivity index (χ3v) is 4.50. The van der Waals surface area contributed by atoms with Crippen molar-refractivity contribution in [1.29, 1.82) is 0 Å². The van der Waals surface area contributed by atoms with E-state index >= 15 is 0 Å². The van der Waals surface area contributed by atoms with E-state index in [0.29, 0.717) is 5.56 Å². The van der Waals surface area contributed by atoms with Gasteiger partial charge in [-0.3, -0.25) is 4.18 Å². The Labute approximate surface area is 133 Å². The lowest BCUT2D eigenvalue weighted by atomic mass is 10.1. The lowest BCUT2D eigenvalue weighted by Crippen LogP contribution is -2.07. The Kier molecular flexibility index (Phi) is 5.33. The average Bonchev–Trinajstić information content (AvgIpc) is 2.53. The maximum atomic E-state index is 12.8. The fourth-order valence-electron chi connectivity index (χ4n) is 1.94. The quantitative estimate of drug-likeness (QED) is 0.748. The van der Waals surface area contributed by atoms with Crippen LogP contribution in [0.5, 0.6) is 5.75 Å². The van der Waals surface area contributed by atoms with Crippen LogP contribution < -0.4 is 4.74 Å². The van der Waals surface area contributed by atoms with Crippen molar-refractivity contribution in [3.63, 3.8) is 0 Å². The highest BCUT2D eigenvalue weighted by Gasteiger charge is 2.17. The molecule has 0 saturated heterocycles. The molecule has 2 aromatic rings. The summed E-state index contributed by atoms with van der Waals surface area (Å²) in [6, 6.07) is 10.1. The summed E-state index contributed by atoms with van der Waals surface area (Å²) in [6.07, 6.45) is -2.67. The average molecular weight is 342 g/mol. The number of hydrogen-bond acceptors (Lipinski definition) is 4. The predicted octanol–water partition coefficient (Wildman–Crippen LogP) is 3.85. The van der Waals surface area contributed by atoms with Crippen LogP contribution in [-0.4, -0.2) is 15.5 Å². The van der Waals surface area contributed by atoms with Gasteiger partial charge >= 0.3 is 0 Å². The molecule has 124 valence electrons. The summed E-state index contributed by atoms with van der Waals surface area (Å²) in [6.45, 7) is 1.57. The Morgan fingerprint density at radius 1 is 1.09 bits per heavy atom. The van der Waals surface area contributed by atoms with Gasteiger partial charge in [-0.05, 0) is 36.8 Å². The fraction of sp³-hybridized carbons (Fsp3) is 0.250. The number of ether oxygens (including phenoxy) is 1. The third-order valence-electron chi connectivity index (χ3n) is 3.22. The summed E-state index contributed by atoms with van der Waals surface area (Å²) in [5, 5.41) is 0. The van der Waals surface area contributed by atoms with Crippen molar-refractivity contribution in [3.05, 3.63) is 59.2 Å². The van der Waals surface area contributed by atoms with E-state index < -0.39 is 16.5 Å². The Hall–Kier alpha value is -1.99. The number of aryl methyl sites for hydroxylation is 1. The first-order chi connectivity index (χ1) is 10.8. The number of methoxy groups -OCH3 is 1. The van der Waals surface area contributed by atoms with Gasteiger partial charge < -0.3 is 4.74 Å². The second kappa shape index (κ2) is 7.06. The summed E-state index contributed by atoms with van der Waals surface area (Å²) in [4.78, 5) is 0.0410. The van der Waals surface area contributed by atoms with Gasteiger partial charge in [0.15, 0.2) is 0 Å². The molecule has 0 fully saturated rings. The van der Waals surface area contributed by atoms with Crippen LogP contribution in [0.25, 0.3) is 0 Å². The van der Waals surface area contributed by atoms with Crippen molar-refractivity contribution >= 4 is 10.1 Å². The fourth-order valence-corrected chi connectivity index (χ4v) is 2.84. The third kappa shape index (κ3) is 4.27. The van der Waals surface area contributed by atoms with Crippen LogP contribution in [0, 0.1) is 6.92 Å². The highest BCUT2D eigenvalue weighted by atomic mass is 32.2. The predicted molar refractivity (Wildman–Crippen MR) is 81.1 cm³/mol. The zero-order valence-corrected chi connectivity index (χ0v) is 13.4. The van der Waals surface area contributed by atoms with E-state index in [1.807, 2.05) is 6.92 Å². The molecule has 0 atom stereocenters. The molecule has 0 unspecified atom stereocenters. The molecule has 4 nitrogen and oxygen atoms in total. The maximum Gasteiger partial charge on any atom is 0.297 e. The molecule has 0 aliphatic carbocycles. The zero-order valence-electron chi connectivity index (χ0n) is 12.6. The Morgan fingerprint density at radius 2 is 1.74 bits per heavy atom. The monoisotopic (exact) mass is 342 g/mol. The number of benzene rings is 2. The first-order valence-electron chi connectivity index (χ1n) is 6.74. The van der Waals surface area contributed by atoms with Gasteiger partial charge in [-0.2, -0.15) is 8.42 Å². The van der Waals surface area contributed by atoms with Crippen molar-refractivity contribution in [2.75, 3.05) is 7.11 Å². The molecule has 0 spiro atoms. The van der Waals surface area contributed by atoms with Crippen LogP contribution in [0.3, 0.4) is 0 Å². The first-order valence-corrected chi connectivity index (χ1v) is 8.15. The molecule has 23 heavy (non-hydrogen) atoms. The van der Waals surface area contributed by atoms with Gasteiger partial charge in [-0.1, -0.05) is 23.8 Å². The van der Waals surface area contributed by atoms with Gasteiger partial charge in [0, 0.05) is 0 Å². The molecular formula is C16H16F2O4S. The van der Waals surface area contributed by atoms with E-state index in [4.69, 9.17) is 8.92 Å². The summed E-state index contributed by atoms with van der Waals surface area (Å²) in [5.41, 5.74) is 1.09. The summed E-state index contributed by atoms with van der Waals surface area (Å²) < 4.78 is 59.5. The lowest BCUT2D eigenvalue weighted by Gasteiger charge is -2.10. The van der Waals surface area contributed by atoms with Crippen LogP contribution in [0.4, 0.5) is 8.78 Å². The molecule has 0 aromatic heterocycles. The summed E-state index contributed by atoms with van der Waals surface area (Å²) >= 11 is 0. The van der Waals surface area contributed by atoms with Crippen LogP contribution in [0.2, 0.25) is 0 Å². The van der Waals surface area contributed by atoms with Gasteiger partial charge in [0.2, 0.25) is 0 Å². The van der Waals surface area contributed by atoms with Gasteiger partial charge in [0.05, 0.1) is 24.2 Å². The van der Waals surface area contributed by atoms with Crippen molar-refractivity contribution < 1.29 is 26.1 Å². The molecule has 7 heteroatoms. The van der Waals surface area contributed by atoms with E-state index in [9.17, 15) is 17.2 Å². The summed E-state index contributed by atoms with van der Waals surface area (Å²) in [5.74, 6) is -0.00571. The highest BCUT2D eigenvalue weighted by molar-refractivity contribution is 7.86. The number of alkyl halides is 2. The van der Waals surface area contributed by atoms with E-state index in [1.54, 1.807) is 12.1 Å². The molecule has 0 heterocycles. The van der Waals surface area contributed by atoms with Crippen LogP contribution in [0.1, 0.15) is 23.1 Å². The standard InChI is InChI=1S/C16H16F2O4S/c1-11-3-6-13(7-4-11)23(19,20)22-10-12-5-8-14(16(17)18)15(9-12)21-2/h3-9,16H,10H2,1-2H3. The van der Waals surface area contributed by atoms with Gasteiger partial charge in [0.25, 0.3) is 16.5 Å². The second-order valence-electron chi connectivity index (χ2n) is 4.91. The van der Waals surface area contributed by atoms with Crippen molar-refractivity contribution in [2.45, 2.75) is 24.9 Å². The molecule has 0 saturated carbocycles. The normalized spacial score (nSPS) is 11.7. The van der Waals surface area contributed by atoms with E-state index in [1.165, 1.54) is 37.4 Å². The Balaban J connectivity index is 2.15. The van der Waals surface area contributed by atoms with E-state index in [2.05, 4.69) is 0 Å². The number of halogens is 2. The first kappa shape index (κ1) is 17.4. The molecule has 0 N–H and O–H groups in total. The minimum Gasteiger partial charge on any atom is -0.496 e. The topological polar surface area (TPSA) is 52.6 Å². The number of hydrogen-bond donors (Lipinski definition) is 0. The molecule has 0 amide bonds. The van der Waals surface area contributed by atoms with Crippen molar-refractivity contribution in [3.8, 4) is 5.75 Å². The van der Waals surface area contributed by atoms with Crippen LogP contribution in [0.15, 0.2) is 47.4 Å². The SMILES string of the molecule is COc1cc(COS(=O)(=O)c2ccc(C)cc2)ccc1C(F)F. The van der Waals surface area contributed by atoms with E-state index in [0.717, 1.165) is 5.56 Å². The van der Waals surface area contributed by atoms with Crippen LogP contribution in [-0.2, 0) is 20.9 Å². The maximum absolute atomic E-state index is 12.8. The van der Waals surface area contributed by atoms with Crippen LogP contribution >= 0.6 is 0 Å². The highest BCUT2D eigenvalue weighted by Crippen LogP contribution is 2.30. The largest absolute Gasteiger partial charge is 0.496 e. The van der Waals surface area contributed by atoms with E-state index in [-0.39, 0.29) is 22.8 Å². The molecule has 0 bridgehead atoms. The lowest BCUT2D eigenvalue weighted by molar-refractivity contribution is 0.147. The minimum atomic E-state index is -3.91. The second-order valence-corrected chi connectivity index (χ2v) is 6.52. The molecule has 0 radical (unpaired) electrons. The molecule has 0 aliphatic heterocycles.